The molecule has 1 saturated heterocycles. The van der Waals surface area contributed by atoms with Gasteiger partial charge in [0.15, 0.2) is 0 Å². The van der Waals surface area contributed by atoms with E-state index in [9.17, 15) is 13.2 Å². The second kappa shape index (κ2) is 9.90. The van der Waals surface area contributed by atoms with Crippen molar-refractivity contribution in [1.29, 1.82) is 5.26 Å². The van der Waals surface area contributed by atoms with Gasteiger partial charge in [0.25, 0.3) is 5.91 Å². The second-order valence-electron chi connectivity index (χ2n) is 7.99. The zero-order valence-electron chi connectivity index (χ0n) is 17.7. The largest absolute Gasteiger partial charge is 0.367 e. The number of carbonyl (C=O) groups is 1. The molecule has 0 bridgehead atoms. The van der Waals surface area contributed by atoms with Crippen molar-refractivity contribution in [3.63, 3.8) is 0 Å². The lowest BCUT2D eigenvalue weighted by atomic mass is 9.94. The van der Waals surface area contributed by atoms with Crippen molar-refractivity contribution in [2.75, 3.05) is 31.5 Å². The smallest absolute Gasteiger partial charge is 0.251 e. The van der Waals surface area contributed by atoms with Gasteiger partial charge in [-0.2, -0.15) is 9.57 Å². The van der Waals surface area contributed by atoms with Gasteiger partial charge < -0.3 is 10.6 Å². The van der Waals surface area contributed by atoms with E-state index in [2.05, 4.69) is 35.5 Å². The number of aromatic nitrogens is 1. The molecule has 2 unspecified atom stereocenters. The molecule has 1 aliphatic rings. The lowest BCUT2D eigenvalue weighted by Crippen LogP contribution is -2.42. The van der Waals surface area contributed by atoms with Crippen LogP contribution in [-0.2, 0) is 10.0 Å². The summed E-state index contributed by atoms with van der Waals surface area (Å²) < 4.78 is 27.4. The van der Waals surface area contributed by atoms with Crippen molar-refractivity contribution in [2.24, 2.45) is 11.8 Å². The topological polar surface area (TPSA) is 115 Å². The summed E-state index contributed by atoms with van der Waals surface area (Å²) in [5, 5.41) is 14.8. The number of hydrogen-bond acceptors (Lipinski definition) is 6. The molecule has 0 saturated carbocycles. The molecule has 2 N–H and O–H groups in total. The monoisotopic (exact) mass is 441 g/mol. The van der Waals surface area contributed by atoms with Crippen LogP contribution in [-0.4, -0.2) is 49.8 Å². The van der Waals surface area contributed by atoms with Crippen molar-refractivity contribution in [3.8, 4) is 6.07 Å². The van der Waals surface area contributed by atoms with Gasteiger partial charge in [0.1, 0.15) is 11.9 Å². The van der Waals surface area contributed by atoms with E-state index in [0.29, 0.717) is 55.0 Å². The fraction of sp³-hybridized carbons (Fsp3) is 0.409. The van der Waals surface area contributed by atoms with E-state index in [4.69, 9.17) is 5.26 Å². The van der Waals surface area contributed by atoms with Crippen LogP contribution < -0.4 is 10.6 Å². The highest BCUT2D eigenvalue weighted by atomic mass is 32.2. The van der Waals surface area contributed by atoms with Crippen molar-refractivity contribution in [2.45, 2.75) is 25.2 Å². The summed E-state index contributed by atoms with van der Waals surface area (Å²) in [7, 11) is -3.57. The summed E-state index contributed by atoms with van der Waals surface area (Å²) in [6.45, 7) is 5.89. The first-order valence-electron chi connectivity index (χ1n) is 10.3. The van der Waals surface area contributed by atoms with Gasteiger partial charge in [-0.15, -0.1) is 0 Å². The zero-order valence-corrected chi connectivity index (χ0v) is 18.5. The molecular formula is C22H27N5O3S. The Balaban J connectivity index is 1.56. The number of sulfonamides is 1. The third-order valence-electron chi connectivity index (χ3n) is 5.22. The lowest BCUT2D eigenvalue weighted by molar-refractivity contribution is 0.0955. The normalized spacial score (nSPS) is 19.4. The minimum absolute atomic E-state index is 0.200. The maximum absolute atomic E-state index is 12.9. The Kier molecular flexibility index (Phi) is 7.25. The summed E-state index contributed by atoms with van der Waals surface area (Å²) in [5.74, 6) is 0.822. The summed E-state index contributed by atoms with van der Waals surface area (Å²) in [5.41, 5.74) is 0.818. The predicted molar refractivity (Wildman–Crippen MR) is 118 cm³/mol. The second-order valence-corrected chi connectivity index (χ2v) is 9.92. The minimum Gasteiger partial charge on any atom is -0.367 e. The van der Waals surface area contributed by atoms with E-state index in [0.717, 1.165) is 6.42 Å². The first kappa shape index (κ1) is 22.7. The molecule has 2 atom stereocenters. The van der Waals surface area contributed by atoms with E-state index in [-0.39, 0.29) is 10.8 Å². The van der Waals surface area contributed by atoms with E-state index in [1.807, 2.05) is 0 Å². The molecule has 0 radical (unpaired) electrons. The molecule has 164 valence electrons. The number of nitrogens with one attached hydrogen (secondary N) is 2. The maximum Gasteiger partial charge on any atom is 0.251 e. The Morgan fingerprint density at radius 3 is 2.48 bits per heavy atom. The first-order valence-corrected chi connectivity index (χ1v) is 11.7. The van der Waals surface area contributed by atoms with Crippen molar-refractivity contribution < 1.29 is 13.2 Å². The highest BCUT2D eigenvalue weighted by molar-refractivity contribution is 7.89. The highest BCUT2D eigenvalue weighted by Crippen LogP contribution is 2.26. The molecule has 2 aromatic rings. The van der Waals surface area contributed by atoms with Crippen LogP contribution in [0, 0.1) is 23.2 Å². The number of piperidine rings is 1. The molecular weight excluding hydrogens is 414 g/mol. The number of anilines is 1. The van der Waals surface area contributed by atoms with Gasteiger partial charge in [-0.1, -0.05) is 13.8 Å². The van der Waals surface area contributed by atoms with E-state index < -0.39 is 10.0 Å². The zero-order chi connectivity index (χ0) is 22.4. The molecule has 31 heavy (non-hydrogen) atoms. The molecule has 1 aromatic heterocycles. The Morgan fingerprint density at radius 2 is 1.84 bits per heavy atom. The number of rotatable bonds is 7. The fourth-order valence-electron chi connectivity index (χ4n) is 3.82. The number of benzene rings is 1. The third-order valence-corrected chi connectivity index (χ3v) is 7.07. The molecule has 2 heterocycles. The Bertz CT molecular complexity index is 1050. The first-order chi connectivity index (χ1) is 14.8. The number of hydrogen-bond donors (Lipinski definition) is 2. The van der Waals surface area contributed by atoms with Crippen molar-refractivity contribution >= 4 is 21.7 Å². The van der Waals surface area contributed by atoms with E-state index in [1.165, 1.54) is 24.3 Å². The Labute approximate surface area is 183 Å². The van der Waals surface area contributed by atoms with E-state index in [1.54, 1.807) is 22.6 Å². The van der Waals surface area contributed by atoms with Crippen LogP contribution in [0.25, 0.3) is 0 Å². The van der Waals surface area contributed by atoms with Crippen LogP contribution in [0.3, 0.4) is 0 Å². The predicted octanol–water partition coefficient (Wildman–Crippen LogP) is 2.46. The van der Waals surface area contributed by atoms with Crippen LogP contribution in [0.4, 0.5) is 5.82 Å². The van der Waals surface area contributed by atoms with Gasteiger partial charge >= 0.3 is 0 Å². The molecule has 1 amide bonds. The number of pyridine rings is 1. The molecule has 1 aliphatic heterocycles. The van der Waals surface area contributed by atoms with E-state index >= 15 is 0 Å². The molecule has 9 heteroatoms. The van der Waals surface area contributed by atoms with Gasteiger partial charge in [-0.05, 0) is 54.7 Å². The molecule has 1 fully saturated rings. The number of amides is 1. The standard InChI is InChI=1S/C22H27N5O3S/c1-16-12-17(2)15-27(14-16)31(29,30)20-7-5-18(6-8-20)22(28)26-11-10-25-21-19(13-23)4-3-9-24-21/h3-9,16-17H,10-12,14-15H2,1-2H3,(H,24,25)(H,26,28). The molecule has 0 spiro atoms. The van der Waals surface area contributed by atoms with Gasteiger partial charge in [0.2, 0.25) is 10.0 Å². The van der Waals surface area contributed by atoms with Crippen LogP contribution in [0.5, 0.6) is 0 Å². The number of nitrogens with zero attached hydrogens (tertiary/aromatic N) is 3. The SMILES string of the molecule is CC1CC(C)CN(S(=O)(=O)c2ccc(C(=O)NCCNc3ncccc3C#N)cc2)C1. The highest BCUT2D eigenvalue weighted by Gasteiger charge is 2.31. The summed E-state index contributed by atoms with van der Waals surface area (Å²) in [6.07, 6.45) is 2.61. The summed E-state index contributed by atoms with van der Waals surface area (Å²) in [4.78, 5) is 16.7. The van der Waals surface area contributed by atoms with Gasteiger partial charge in [-0.25, -0.2) is 13.4 Å². The number of carbonyl (C=O) groups excluding carboxylic acids is 1. The quantitative estimate of drug-likeness (QED) is 0.638. The molecule has 3 rings (SSSR count). The van der Waals surface area contributed by atoms with Crippen molar-refractivity contribution in [1.82, 2.24) is 14.6 Å². The van der Waals surface area contributed by atoms with Gasteiger partial charge in [-0.3, -0.25) is 4.79 Å². The molecule has 1 aromatic carbocycles. The van der Waals surface area contributed by atoms with Crippen LogP contribution in [0.15, 0.2) is 47.5 Å². The lowest BCUT2D eigenvalue weighted by Gasteiger charge is -2.34. The summed E-state index contributed by atoms with van der Waals surface area (Å²) in [6, 6.07) is 11.4. The summed E-state index contributed by atoms with van der Waals surface area (Å²) >= 11 is 0. The Morgan fingerprint density at radius 1 is 1.16 bits per heavy atom. The molecule has 0 aliphatic carbocycles. The maximum atomic E-state index is 12.9. The minimum atomic E-state index is -3.57. The van der Waals surface area contributed by atoms with Gasteiger partial charge in [0.05, 0.1) is 10.5 Å². The number of nitriles is 1. The fourth-order valence-corrected chi connectivity index (χ4v) is 5.50. The van der Waals surface area contributed by atoms with Crippen LogP contribution in [0.2, 0.25) is 0 Å². The third kappa shape index (κ3) is 5.60. The van der Waals surface area contributed by atoms with Crippen molar-refractivity contribution in [3.05, 3.63) is 53.7 Å². The van der Waals surface area contributed by atoms with Crippen LogP contribution in [0.1, 0.15) is 36.2 Å². The average molecular weight is 442 g/mol. The molecule has 8 nitrogen and oxygen atoms in total. The average Bonchev–Trinajstić information content (AvgIpc) is 2.76. The van der Waals surface area contributed by atoms with Gasteiger partial charge in [0, 0.05) is 37.9 Å². The van der Waals surface area contributed by atoms with Crippen LogP contribution >= 0.6 is 0 Å². The Hall–Kier alpha value is -2.96.